The summed E-state index contributed by atoms with van der Waals surface area (Å²) in [7, 11) is 0. The van der Waals surface area contributed by atoms with Crippen molar-refractivity contribution < 1.29 is 27.6 Å². The van der Waals surface area contributed by atoms with E-state index in [0.29, 0.717) is 15.6 Å². The summed E-state index contributed by atoms with van der Waals surface area (Å²) in [6.07, 6.45) is -5.70. The van der Waals surface area contributed by atoms with Crippen molar-refractivity contribution >= 4 is 40.7 Å². The number of carbonyl (C=O) groups is 3. The fourth-order valence-electron chi connectivity index (χ4n) is 4.55. The maximum absolute atomic E-state index is 13.4. The van der Waals surface area contributed by atoms with E-state index in [4.69, 9.17) is 23.2 Å². The van der Waals surface area contributed by atoms with Crippen LogP contribution in [0.15, 0.2) is 78.9 Å². The number of halogens is 5. The first kappa shape index (κ1) is 31.4. The van der Waals surface area contributed by atoms with Crippen molar-refractivity contribution in [3.8, 4) is 0 Å². The van der Waals surface area contributed by atoms with Gasteiger partial charge in [0.2, 0.25) is 11.7 Å². The molecular weight excluding hydrogens is 562 g/mol. The monoisotopic (exact) mass is 591 g/mol. The largest absolute Gasteiger partial charge is 0.450 e. The van der Waals surface area contributed by atoms with Crippen molar-refractivity contribution in [2.45, 2.75) is 51.2 Å². The summed E-state index contributed by atoms with van der Waals surface area (Å²) in [5.41, 5.74) is 2.36. The lowest BCUT2D eigenvalue weighted by Gasteiger charge is -2.25. The molecule has 4 nitrogen and oxygen atoms in total. The van der Waals surface area contributed by atoms with Gasteiger partial charge in [0.1, 0.15) is 0 Å². The highest BCUT2D eigenvalue weighted by Crippen LogP contribution is 2.30. The predicted molar refractivity (Wildman–Crippen MR) is 150 cm³/mol. The van der Waals surface area contributed by atoms with E-state index in [1.165, 1.54) is 13.8 Å². The summed E-state index contributed by atoms with van der Waals surface area (Å²) >= 11 is 12.0. The van der Waals surface area contributed by atoms with Crippen molar-refractivity contribution in [1.82, 2.24) is 5.32 Å². The van der Waals surface area contributed by atoms with E-state index in [2.05, 4.69) is 5.32 Å². The SMILES string of the molecule is CC(C)[C@H](CC(=O)[C@H](Cc1ccc(Cl)cc1)NC(=O)CC(c1ccccc1)c1ccc(Cl)cc1)C(=O)C(F)(F)F. The Kier molecular flexibility index (Phi) is 10.9. The molecule has 9 heteroatoms. The lowest BCUT2D eigenvalue weighted by molar-refractivity contribution is -0.177. The van der Waals surface area contributed by atoms with Crippen molar-refractivity contribution in [1.29, 1.82) is 0 Å². The minimum Gasteiger partial charge on any atom is -0.346 e. The van der Waals surface area contributed by atoms with E-state index in [0.717, 1.165) is 11.1 Å². The summed E-state index contributed by atoms with van der Waals surface area (Å²) in [4.78, 5) is 38.8. The van der Waals surface area contributed by atoms with Crippen LogP contribution in [0.5, 0.6) is 0 Å². The Morgan fingerprint density at radius 1 is 0.775 bits per heavy atom. The molecule has 0 fully saturated rings. The standard InChI is InChI=1S/C31H30Cl2F3NO3/c1-19(2)25(30(40)31(34,35)36)17-28(38)27(16-20-8-12-23(32)13-9-20)37-29(39)18-26(21-6-4-3-5-7-21)22-10-14-24(33)15-11-22/h3-15,19,25-27H,16-18H2,1-2H3,(H,37,39)/t25-,26?,27-/m0/s1. The first-order valence-electron chi connectivity index (χ1n) is 12.8. The molecule has 0 bridgehead atoms. The summed E-state index contributed by atoms with van der Waals surface area (Å²) in [6.45, 7) is 2.93. The molecule has 1 unspecified atom stereocenters. The molecule has 0 heterocycles. The van der Waals surface area contributed by atoms with Gasteiger partial charge in [0.15, 0.2) is 5.78 Å². The van der Waals surface area contributed by atoms with Crippen LogP contribution in [0.4, 0.5) is 13.2 Å². The molecule has 0 aliphatic rings. The third kappa shape index (κ3) is 8.93. The van der Waals surface area contributed by atoms with Crippen LogP contribution < -0.4 is 5.32 Å². The van der Waals surface area contributed by atoms with Crippen LogP contribution in [-0.4, -0.2) is 29.7 Å². The Hall–Kier alpha value is -3.16. The van der Waals surface area contributed by atoms with Gasteiger partial charge in [0, 0.05) is 34.7 Å². The molecular formula is C31H30Cl2F3NO3. The van der Waals surface area contributed by atoms with E-state index in [1.807, 2.05) is 42.5 Å². The Balaban J connectivity index is 1.87. The number of amides is 1. The molecule has 0 radical (unpaired) electrons. The highest BCUT2D eigenvalue weighted by Gasteiger charge is 2.45. The number of ketones is 2. The maximum Gasteiger partial charge on any atom is 0.450 e. The molecule has 3 aromatic rings. The van der Waals surface area contributed by atoms with Crippen molar-refractivity contribution in [2.75, 3.05) is 0 Å². The number of carbonyl (C=O) groups excluding carboxylic acids is 3. The van der Waals surface area contributed by atoms with Crippen molar-refractivity contribution in [3.05, 3.63) is 106 Å². The molecule has 3 rings (SSSR count). The fraction of sp³-hybridized carbons (Fsp3) is 0.323. The second kappa shape index (κ2) is 14.0. The van der Waals surface area contributed by atoms with Crippen molar-refractivity contribution in [2.24, 2.45) is 11.8 Å². The molecule has 0 saturated heterocycles. The van der Waals surface area contributed by atoms with E-state index in [-0.39, 0.29) is 18.8 Å². The zero-order valence-electron chi connectivity index (χ0n) is 22.1. The van der Waals surface area contributed by atoms with Crippen molar-refractivity contribution in [3.63, 3.8) is 0 Å². The molecule has 40 heavy (non-hydrogen) atoms. The highest BCUT2D eigenvalue weighted by molar-refractivity contribution is 6.30. The number of hydrogen-bond donors (Lipinski definition) is 1. The quantitative estimate of drug-likeness (QED) is 0.236. The van der Waals surface area contributed by atoms with Gasteiger partial charge in [-0.25, -0.2) is 0 Å². The molecule has 1 amide bonds. The Morgan fingerprint density at radius 2 is 1.30 bits per heavy atom. The van der Waals surface area contributed by atoms with Crippen LogP contribution in [0.3, 0.4) is 0 Å². The number of nitrogens with one attached hydrogen (secondary N) is 1. The number of benzene rings is 3. The lowest BCUT2D eigenvalue weighted by atomic mass is 9.84. The second-order valence-electron chi connectivity index (χ2n) is 10.1. The van der Waals surface area contributed by atoms with Crippen LogP contribution >= 0.6 is 23.2 Å². The molecule has 0 spiro atoms. The van der Waals surface area contributed by atoms with E-state index in [9.17, 15) is 27.6 Å². The highest BCUT2D eigenvalue weighted by atomic mass is 35.5. The molecule has 3 aromatic carbocycles. The topological polar surface area (TPSA) is 63.2 Å². The summed E-state index contributed by atoms with van der Waals surface area (Å²) < 4.78 is 39.7. The van der Waals surface area contributed by atoms with Gasteiger partial charge < -0.3 is 5.32 Å². The van der Waals surface area contributed by atoms with Crippen LogP contribution in [0.2, 0.25) is 10.0 Å². The predicted octanol–water partition coefficient (Wildman–Crippen LogP) is 7.61. The van der Waals surface area contributed by atoms with E-state index in [1.54, 1.807) is 36.4 Å². The molecule has 3 atom stereocenters. The minimum atomic E-state index is -5.06. The number of alkyl halides is 3. The van der Waals surface area contributed by atoms with Crippen LogP contribution in [0.25, 0.3) is 0 Å². The molecule has 0 aromatic heterocycles. The zero-order chi connectivity index (χ0) is 29.4. The first-order valence-corrected chi connectivity index (χ1v) is 13.6. The normalized spacial score (nSPS) is 13.9. The first-order chi connectivity index (χ1) is 18.8. The molecule has 0 aliphatic carbocycles. The summed E-state index contributed by atoms with van der Waals surface area (Å²) in [5, 5.41) is 3.76. The Labute approximate surface area is 241 Å². The third-order valence-corrected chi connectivity index (χ3v) is 7.29. The second-order valence-corrected chi connectivity index (χ2v) is 10.9. The van der Waals surface area contributed by atoms with Gasteiger partial charge in [-0.15, -0.1) is 0 Å². The van der Waals surface area contributed by atoms with Crippen LogP contribution in [0.1, 0.15) is 49.3 Å². The van der Waals surface area contributed by atoms with Gasteiger partial charge >= 0.3 is 6.18 Å². The molecule has 0 aliphatic heterocycles. The Morgan fingerprint density at radius 3 is 1.82 bits per heavy atom. The van der Waals surface area contributed by atoms with E-state index >= 15 is 0 Å². The molecule has 0 saturated carbocycles. The summed E-state index contributed by atoms with van der Waals surface area (Å²) in [5.74, 6) is -5.69. The summed E-state index contributed by atoms with van der Waals surface area (Å²) in [6, 6.07) is 21.9. The van der Waals surface area contributed by atoms with Gasteiger partial charge in [-0.3, -0.25) is 14.4 Å². The maximum atomic E-state index is 13.4. The Bertz CT molecular complexity index is 1290. The van der Waals surface area contributed by atoms with Gasteiger partial charge in [-0.1, -0.05) is 91.6 Å². The van der Waals surface area contributed by atoms with Gasteiger partial charge in [-0.2, -0.15) is 13.2 Å². The fourth-order valence-corrected chi connectivity index (χ4v) is 4.80. The van der Waals surface area contributed by atoms with Crippen LogP contribution in [-0.2, 0) is 20.8 Å². The molecule has 212 valence electrons. The number of Topliss-reactive ketones (excluding diaryl/α,β-unsaturated/α-hetero) is 2. The lowest BCUT2D eigenvalue weighted by Crippen LogP contribution is -2.45. The van der Waals surface area contributed by atoms with E-state index < -0.39 is 47.9 Å². The number of rotatable bonds is 12. The average molecular weight is 592 g/mol. The molecule has 1 N–H and O–H groups in total. The van der Waals surface area contributed by atoms with Gasteiger partial charge in [-0.05, 0) is 53.3 Å². The third-order valence-electron chi connectivity index (χ3n) is 6.78. The number of hydrogen-bond acceptors (Lipinski definition) is 3. The average Bonchev–Trinajstić information content (AvgIpc) is 2.91. The van der Waals surface area contributed by atoms with Crippen LogP contribution in [0, 0.1) is 11.8 Å². The minimum absolute atomic E-state index is 0.0227. The van der Waals surface area contributed by atoms with Gasteiger partial charge in [0.05, 0.1) is 6.04 Å². The van der Waals surface area contributed by atoms with Gasteiger partial charge in [0.25, 0.3) is 0 Å². The zero-order valence-corrected chi connectivity index (χ0v) is 23.6. The smallest absolute Gasteiger partial charge is 0.346 e.